The van der Waals surface area contributed by atoms with E-state index in [0.29, 0.717) is 0 Å². The third-order valence-corrected chi connectivity index (χ3v) is 5.76. The van der Waals surface area contributed by atoms with E-state index in [9.17, 15) is 0 Å². The first-order chi connectivity index (χ1) is 11.7. The maximum Gasteiger partial charge on any atom is 0.0638 e. The van der Waals surface area contributed by atoms with Crippen LogP contribution in [0.4, 0.5) is 0 Å². The van der Waals surface area contributed by atoms with Crippen LogP contribution in [0.5, 0.6) is 0 Å². The van der Waals surface area contributed by atoms with Crippen LogP contribution in [0.3, 0.4) is 0 Å². The average molecular weight is 338 g/mol. The van der Waals surface area contributed by atoms with Gasteiger partial charge in [0.05, 0.1) is 7.11 Å². The van der Waals surface area contributed by atoms with Gasteiger partial charge in [0.25, 0.3) is 0 Å². The van der Waals surface area contributed by atoms with Crippen LogP contribution in [0.25, 0.3) is 0 Å². The first-order valence-electron chi connectivity index (χ1n) is 10.6. The van der Waals surface area contributed by atoms with E-state index in [4.69, 9.17) is 4.84 Å². The Bertz CT molecular complexity index is 315. The SMILES string of the molecule is C=C(CCCCCCCC1CC1CCCCCCCC)N(C)OC. The van der Waals surface area contributed by atoms with Crippen LogP contribution < -0.4 is 0 Å². The Balaban J connectivity index is 1.81. The van der Waals surface area contributed by atoms with Crippen molar-refractivity contribution < 1.29 is 4.84 Å². The van der Waals surface area contributed by atoms with Gasteiger partial charge >= 0.3 is 0 Å². The number of rotatable bonds is 17. The number of hydroxylamine groups is 2. The second-order valence-electron chi connectivity index (χ2n) is 7.87. The average Bonchev–Trinajstić information content (AvgIpc) is 3.34. The monoisotopic (exact) mass is 337 g/mol. The Morgan fingerprint density at radius 1 is 0.875 bits per heavy atom. The van der Waals surface area contributed by atoms with Crippen LogP contribution in [-0.4, -0.2) is 19.2 Å². The van der Waals surface area contributed by atoms with Crippen molar-refractivity contribution in [3.63, 3.8) is 0 Å². The van der Waals surface area contributed by atoms with Gasteiger partial charge < -0.3 is 0 Å². The van der Waals surface area contributed by atoms with Gasteiger partial charge in [-0.1, -0.05) is 90.6 Å². The maximum atomic E-state index is 5.14. The van der Waals surface area contributed by atoms with E-state index < -0.39 is 0 Å². The molecule has 0 aromatic heterocycles. The molecule has 0 aromatic carbocycles. The van der Waals surface area contributed by atoms with Crippen LogP contribution in [0.2, 0.25) is 0 Å². The van der Waals surface area contributed by atoms with E-state index in [1.165, 1.54) is 89.9 Å². The lowest BCUT2D eigenvalue weighted by Crippen LogP contribution is -2.14. The maximum absolute atomic E-state index is 5.14. The van der Waals surface area contributed by atoms with Gasteiger partial charge in [0, 0.05) is 12.7 Å². The lowest BCUT2D eigenvalue weighted by atomic mass is 10.0. The van der Waals surface area contributed by atoms with E-state index in [2.05, 4.69) is 13.5 Å². The molecule has 1 aliphatic rings. The normalized spacial score (nSPS) is 19.5. The summed E-state index contributed by atoms with van der Waals surface area (Å²) in [5.74, 6) is 2.19. The summed E-state index contributed by atoms with van der Waals surface area (Å²) in [6, 6.07) is 0. The highest BCUT2D eigenvalue weighted by Crippen LogP contribution is 2.45. The Kier molecular flexibility index (Phi) is 12.3. The van der Waals surface area contributed by atoms with Crippen molar-refractivity contribution in [2.75, 3.05) is 14.2 Å². The highest BCUT2D eigenvalue weighted by atomic mass is 16.7. The molecule has 0 aromatic rings. The number of unbranched alkanes of at least 4 members (excludes halogenated alkanes) is 9. The Hall–Kier alpha value is -0.500. The molecular formula is C22H43NO. The summed E-state index contributed by atoms with van der Waals surface area (Å²) in [5.41, 5.74) is 1.09. The summed E-state index contributed by atoms with van der Waals surface area (Å²) in [6.45, 7) is 6.34. The summed E-state index contributed by atoms with van der Waals surface area (Å²) in [5, 5.41) is 1.77. The lowest BCUT2D eigenvalue weighted by Gasteiger charge is -2.18. The first kappa shape index (κ1) is 21.5. The second-order valence-corrected chi connectivity index (χ2v) is 7.87. The third-order valence-electron chi connectivity index (χ3n) is 5.76. The molecule has 0 N–H and O–H groups in total. The minimum atomic E-state index is 1.06. The summed E-state index contributed by atoms with van der Waals surface area (Å²) in [6.07, 6.45) is 21.2. The van der Waals surface area contributed by atoms with Gasteiger partial charge in [0.2, 0.25) is 0 Å². The van der Waals surface area contributed by atoms with E-state index >= 15 is 0 Å². The largest absolute Gasteiger partial charge is 0.277 e. The molecule has 0 radical (unpaired) electrons. The van der Waals surface area contributed by atoms with Gasteiger partial charge in [-0.05, 0) is 31.1 Å². The zero-order chi connectivity index (χ0) is 17.6. The smallest absolute Gasteiger partial charge is 0.0638 e. The van der Waals surface area contributed by atoms with E-state index in [1.54, 1.807) is 12.2 Å². The predicted octanol–water partition coefficient (Wildman–Crippen LogP) is 7.11. The molecule has 1 saturated carbocycles. The molecule has 0 bridgehead atoms. The molecule has 1 aliphatic carbocycles. The molecule has 2 unspecified atom stereocenters. The Morgan fingerprint density at radius 3 is 1.92 bits per heavy atom. The van der Waals surface area contributed by atoms with Crippen LogP contribution in [-0.2, 0) is 4.84 Å². The predicted molar refractivity (Wildman–Crippen MR) is 106 cm³/mol. The lowest BCUT2D eigenvalue weighted by molar-refractivity contribution is -0.0796. The highest BCUT2D eigenvalue weighted by Gasteiger charge is 2.34. The zero-order valence-electron chi connectivity index (χ0n) is 16.8. The van der Waals surface area contributed by atoms with Crippen molar-refractivity contribution >= 4 is 0 Å². The molecule has 0 amide bonds. The molecule has 142 valence electrons. The van der Waals surface area contributed by atoms with Gasteiger partial charge in [-0.3, -0.25) is 9.90 Å². The summed E-state index contributed by atoms with van der Waals surface area (Å²) in [4.78, 5) is 5.14. The number of allylic oxidation sites excluding steroid dienone is 1. The van der Waals surface area contributed by atoms with Gasteiger partial charge in [0.1, 0.15) is 0 Å². The quantitative estimate of drug-likeness (QED) is 0.207. The highest BCUT2D eigenvalue weighted by molar-refractivity contribution is 4.88. The fourth-order valence-electron chi connectivity index (χ4n) is 3.76. The molecule has 0 heterocycles. The van der Waals surface area contributed by atoms with E-state index in [0.717, 1.165) is 24.0 Å². The van der Waals surface area contributed by atoms with Crippen molar-refractivity contribution in [1.29, 1.82) is 0 Å². The van der Waals surface area contributed by atoms with Gasteiger partial charge in [-0.15, -0.1) is 0 Å². The van der Waals surface area contributed by atoms with Crippen molar-refractivity contribution in [1.82, 2.24) is 5.06 Å². The molecular weight excluding hydrogens is 294 g/mol. The molecule has 2 atom stereocenters. The van der Waals surface area contributed by atoms with Gasteiger partial charge in [-0.2, -0.15) is 0 Å². The minimum absolute atomic E-state index is 1.06. The standard InChI is InChI=1S/C22H43NO/c1-5-6-7-8-11-14-17-21-19-22(21)18-15-12-9-10-13-16-20(2)23(3)24-4/h21-22H,2,5-19H2,1,3-4H3. The van der Waals surface area contributed by atoms with Gasteiger partial charge in [-0.25, -0.2) is 0 Å². The Morgan fingerprint density at radius 2 is 1.38 bits per heavy atom. The van der Waals surface area contributed by atoms with Crippen LogP contribution in [0, 0.1) is 11.8 Å². The molecule has 0 aliphatic heterocycles. The molecule has 0 spiro atoms. The number of hydrogen-bond donors (Lipinski definition) is 0. The summed E-state index contributed by atoms with van der Waals surface area (Å²) >= 11 is 0. The number of nitrogens with zero attached hydrogens (tertiary/aromatic N) is 1. The molecule has 2 nitrogen and oxygen atoms in total. The topological polar surface area (TPSA) is 12.5 Å². The van der Waals surface area contributed by atoms with Crippen molar-refractivity contribution in [3.05, 3.63) is 12.3 Å². The third kappa shape index (κ3) is 10.4. The van der Waals surface area contributed by atoms with Crippen molar-refractivity contribution in [3.8, 4) is 0 Å². The minimum Gasteiger partial charge on any atom is -0.277 e. The summed E-state index contributed by atoms with van der Waals surface area (Å²) < 4.78 is 0. The van der Waals surface area contributed by atoms with Crippen LogP contribution in [0.1, 0.15) is 103 Å². The fourth-order valence-corrected chi connectivity index (χ4v) is 3.76. The first-order valence-corrected chi connectivity index (χ1v) is 10.6. The number of hydrogen-bond acceptors (Lipinski definition) is 2. The molecule has 1 rings (SSSR count). The van der Waals surface area contributed by atoms with Crippen molar-refractivity contribution in [2.45, 2.75) is 103 Å². The second kappa shape index (κ2) is 13.8. The van der Waals surface area contributed by atoms with E-state index in [-0.39, 0.29) is 0 Å². The fraction of sp³-hybridized carbons (Fsp3) is 0.909. The molecule has 1 fully saturated rings. The van der Waals surface area contributed by atoms with Gasteiger partial charge in [0.15, 0.2) is 0 Å². The molecule has 24 heavy (non-hydrogen) atoms. The summed E-state index contributed by atoms with van der Waals surface area (Å²) in [7, 11) is 3.63. The Labute approximate surface area is 152 Å². The van der Waals surface area contributed by atoms with Crippen LogP contribution >= 0.6 is 0 Å². The van der Waals surface area contributed by atoms with E-state index in [1.807, 2.05) is 7.05 Å². The zero-order valence-corrected chi connectivity index (χ0v) is 16.8. The van der Waals surface area contributed by atoms with Crippen LogP contribution in [0.15, 0.2) is 12.3 Å². The molecule has 0 saturated heterocycles. The molecule has 2 heteroatoms. The van der Waals surface area contributed by atoms with Crippen molar-refractivity contribution in [2.24, 2.45) is 11.8 Å².